The summed E-state index contributed by atoms with van der Waals surface area (Å²) >= 11 is 0. The van der Waals surface area contributed by atoms with Gasteiger partial charge in [-0.15, -0.1) is 5.10 Å². The van der Waals surface area contributed by atoms with Crippen LogP contribution in [0.25, 0.3) is 16.6 Å². The Kier molecular flexibility index (Phi) is 6.50. The third kappa shape index (κ3) is 4.27. The predicted molar refractivity (Wildman–Crippen MR) is 134 cm³/mol. The van der Waals surface area contributed by atoms with E-state index in [0.717, 1.165) is 79.4 Å². The number of likely N-dealkylation sites (tertiary alicyclic amines) is 1. The van der Waals surface area contributed by atoms with E-state index in [1.54, 1.807) is 0 Å². The average molecular weight is 462 g/mol. The maximum Gasteiger partial charge on any atom is 0.223 e. The summed E-state index contributed by atoms with van der Waals surface area (Å²) in [6.07, 6.45) is 4.06. The number of piperidine rings is 1. The molecule has 1 aromatic carbocycles. The van der Waals surface area contributed by atoms with E-state index in [1.807, 2.05) is 29.8 Å². The quantitative estimate of drug-likeness (QED) is 0.607. The average Bonchev–Trinajstić information content (AvgIpc) is 3.48. The lowest BCUT2D eigenvalue weighted by Gasteiger charge is -2.32. The number of hydrogen-bond donors (Lipinski definition) is 1. The van der Waals surface area contributed by atoms with Crippen molar-refractivity contribution < 1.29 is 4.79 Å². The Morgan fingerprint density at radius 3 is 2.56 bits per heavy atom. The molecule has 1 amide bonds. The zero-order chi connectivity index (χ0) is 23.7. The Balaban J connectivity index is 1.28. The van der Waals surface area contributed by atoms with Crippen LogP contribution in [0, 0.1) is 19.8 Å². The molecule has 0 bridgehead atoms. The Hall–Kier alpha value is -3.00. The smallest absolute Gasteiger partial charge is 0.223 e. The lowest BCUT2D eigenvalue weighted by Crippen LogP contribution is -2.45. The minimum absolute atomic E-state index is 0.0604. The number of hydrogen-bond acceptors (Lipinski definition) is 6. The fourth-order valence-corrected chi connectivity index (χ4v) is 5.60. The van der Waals surface area contributed by atoms with Crippen LogP contribution in [0.5, 0.6) is 0 Å². The number of carbonyl (C=O) groups is 1. The van der Waals surface area contributed by atoms with Crippen molar-refractivity contribution in [2.45, 2.75) is 52.5 Å². The highest BCUT2D eigenvalue weighted by atomic mass is 16.1. The second-order valence-electron chi connectivity index (χ2n) is 9.60. The Labute approximate surface area is 201 Å². The van der Waals surface area contributed by atoms with Gasteiger partial charge in [0, 0.05) is 31.6 Å². The molecule has 8 heteroatoms. The molecule has 4 heterocycles. The van der Waals surface area contributed by atoms with Gasteiger partial charge in [0.1, 0.15) is 5.52 Å². The molecule has 3 aromatic rings. The highest BCUT2D eigenvalue weighted by Crippen LogP contribution is 2.31. The van der Waals surface area contributed by atoms with Gasteiger partial charge in [-0.3, -0.25) is 9.69 Å². The van der Waals surface area contributed by atoms with E-state index in [-0.39, 0.29) is 11.8 Å². The molecular weight excluding hydrogens is 426 g/mol. The fourth-order valence-electron chi connectivity index (χ4n) is 5.60. The maximum absolute atomic E-state index is 12.9. The van der Waals surface area contributed by atoms with Gasteiger partial charge in [-0.2, -0.15) is 10.2 Å². The highest BCUT2D eigenvalue weighted by Gasteiger charge is 2.29. The van der Waals surface area contributed by atoms with Crippen molar-refractivity contribution in [3.05, 3.63) is 41.7 Å². The van der Waals surface area contributed by atoms with Crippen molar-refractivity contribution in [1.82, 2.24) is 30.2 Å². The summed E-state index contributed by atoms with van der Waals surface area (Å²) in [5.41, 5.74) is 3.87. The maximum atomic E-state index is 12.9. The molecule has 0 spiro atoms. The molecule has 0 unspecified atom stereocenters. The summed E-state index contributed by atoms with van der Waals surface area (Å²) in [4.78, 5) is 17.6. The number of benzene rings is 1. The number of rotatable bonds is 6. The first-order valence-electron chi connectivity index (χ1n) is 12.6. The summed E-state index contributed by atoms with van der Waals surface area (Å²) in [6.45, 7) is 10.8. The number of anilines is 1. The first-order chi connectivity index (χ1) is 16.6. The van der Waals surface area contributed by atoms with Crippen LogP contribution in [0.1, 0.15) is 44.0 Å². The Morgan fingerprint density at radius 1 is 1.06 bits per heavy atom. The van der Waals surface area contributed by atoms with Crippen LogP contribution in [0.4, 0.5) is 5.82 Å². The lowest BCUT2D eigenvalue weighted by molar-refractivity contribution is -0.125. The van der Waals surface area contributed by atoms with Crippen molar-refractivity contribution >= 4 is 22.6 Å². The molecule has 180 valence electrons. The van der Waals surface area contributed by atoms with Crippen LogP contribution in [0.15, 0.2) is 30.3 Å². The summed E-state index contributed by atoms with van der Waals surface area (Å²) in [6, 6.07) is 10.7. The second kappa shape index (κ2) is 9.70. The van der Waals surface area contributed by atoms with Gasteiger partial charge in [-0.25, -0.2) is 4.68 Å². The molecule has 34 heavy (non-hydrogen) atoms. The Morgan fingerprint density at radius 2 is 1.82 bits per heavy atom. The van der Waals surface area contributed by atoms with Crippen molar-refractivity contribution in [1.29, 1.82) is 0 Å². The van der Waals surface area contributed by atoms with Crippen molar-refractivity contribution in [2.75, 3.05) is 37.6 Å². The number of nitrogens with zero attached hydrogens (tertiary/aromatic N) is 6. The SMILES string of the molecule is CCN1CCC[C@@H]1CNC(=O)C1CCN(c2nnc(C)c3c(C)n(-c4ccccc4)nc23)CC1. The number of aryl methyl sites for hydroxylation is 2. The van der Waals surface area contributed by atoms with Crippen molar-refractivity contribution in [2.24, 2.45) is 5.92 Å². The molecule has 2 aromatic heterocycles. The van der Waals surface area contributed by atoms with Gasteiger partial charge >= 0.3 is 0 Å². The Bertz CT molecular complexity index is 1150. The van der Waals surface area contributed by atoms with E-state index < -0.39 is 0 Å². The van der Waals surface area contributed by atoms with Gasteiger partial charge in [-0.1, -0.05) is 25.1 Å². The van der Waals surface area contributed by atoms with E-state index in [2.05, 4.69) is 51.3 Å². The summed E-state index contributed by atoms with van der Waals surface area (Å²) < 4.78 is 1.98. The van der Waals surface area contributed by atoms with Crippen molar-refractivity contribution in [3.8, 4) is 5.69 Å². The molecule has 0 saturated carbocycles. The van der Waals surface area contributed by atoms with E-state index in [0.29, 0.717) is 6.04 Å². The first-order valence-corrected chi connectivity index (χ1v) is 12.6. The van der Waals surface area contributed by atoms with Crippen LogP contribution in [0.3, 0.4) is 0 Å². The van der Waals surface area contributed by atoms with Gasteiger partial charge in [0.15, 0.2) is 5.82 Å². The standard InChI is InChI=1S/C26H35N7O/c1-4-31-14-8-11-22(31)17-27-26(34)20-12-15-32(16-13-20)25-24-23(18(2)28-29-25)19(3)33(30-24)21-9-6-5-7-10-21/h5-7,9-10,20,22H,4,8,11-17H2,1-3H3,(H,27,34)/t22-/m1/s1. The molecule has 2 saturated heterocycles. The third-order valence-electron chi connectivity index (χ3n) is 7.57. The number of amides is 1. The topological polar surface area (TPSA) is 79.2 Å². The largest absolute Gasteiger partial charge is 0.354 e. The fraction of sp³-hybridized carbons (Fsp3) is 0.538. The zero-order valence-corrected chi connectivity index (χ0v) is 20.5. The van der Waals surface area contributed by atoms with E-state index in [9.17, 15) is 4.79 Å². The molecule has 0 aliphatic carbocycles. The van der Waals surface area contributed by atoms with E-state index in [1.165, 1.54) is 12.8 Å². The highest BCUT2D eigenvalue weighted by molar-refractivity contribution is 5.92. The number of fused-ring (bicyclic) bond motifs is 1. The van der Waals surface area contributed by atoms with Crippen LogP contribution < -0.4 is 10.2 Å². The second-order valence-corrected chi connectivity index (χ2v) is 9.60. The molecule has 5 rings (SSSR count). The van der Waals surface area contributed by atoms with Gasteiger partial charge in [0.25, 0.3) is 0 Å². The number of carbonyl (C=O) groups excluding carboxylic acids is 1. The molecule has 2 fully saturated rings. The minimum Gasteiger partial charge on any atom is -0.354 e. The zero-order valence-electron chi connectivity index (χ0n) is 20.5. The predicted octanol–water partition coefficient (Wildman–Crippen LogP) is 3.25. The van der Waals surface area contributed by atoms with Gasteiger partial charge < -0.3 is 10.2 Å². The molecule has 2 aliphatic rings. The summed E-state index contributed by atoms with van der Waals surface area (Å²) in [7, 11) is 0. The van der Waals surface area contributed by atoms with Crippen LogP contribution in [-0.2, 0) is 4.79 Å². The monoisotopic (exact) mass is 461 g/mol. The summed E-state index contributed by atoms with van der Waals surface area (Å²) in [5, 5.41) is 18.3. The number of aromatic nitrogens is 4. The van der Waals surface area contributed by atoms with Crippen LogP contribution in [-0.4, -0.2) is 69.6 Å². The molecule has 2 aliphatic heterocycles. The first kappa shape index (κ1) is 22.8. The normalized spacial score (nSPS) is 19.7. The van der Waals surface area contributed by atoms with Gasteiger partial charge in [0.2, 0.25) is 5.91 Å². The molecule has 8 nitrogen and oxygen atoms in total. The molecule has 1 atom stereocenters. The number of nitrogens with one attached hydrogen (secondary N) is 1. The minimum atomic E-state index is 0.0604. The van der Waals surface area contributed by atoms with Crippen molar-refractivity contribution in [3.63, 3.8) is 0 Å². The number of likely N-dealkylation sites (N-methyl/N-ethyl adjacent to an activating group) is 1. The van der Waals surface area contributed by atoms with E-state index in [4.69, 9.17) is 5.10 Å². The van der Waals surface area contributed by atoms with Crippen LogP contribution >= 0.6 is 0 Å². The molecule has 0 radical (unpaired) electrons. The van der Waals surface area contributed by atoms with Gasteiger partial charge in [-0.05, 0) is 64.8 Å². The third-order valence-corrected chi connectivity index (χ3v) is 7.57. The molecular formula is C26H35N7O. The lowest BCUT2D eigenvalue weighted by atomic mass is 9.95. The van der Waals surface area contributed by atoms with E-state index >= 15 is 0 Å². The van der Waals surface area contributed by atoms with Crippen LogP contribution in [0.2, 0.25) is 0 Å². The summed E-state index contributed by atoms with van der Waals surface area (Å²) in [5.74, 6) is 1.08. The number of para-hydroxylation sites is 1. The molecule has 1 N–H and O–H groups in total. The van der Waals surface area contributed by atoms with Gasteiger partial charge in [0.05, 0.1) is 22.5 Å².